The highest BCUT2D eigenvalue weighted by atomic mass is 32.2. The molecule has 3 rings (SSSR count). The summed E-state index contributed by atoms with van der Waals surface area (Å²) in [5, 5.41) is 2.98. The summed E-state index contributed by atoms with van der Waals surface area (Å²) < 4.78 is 40.8. The van der Waals surface area contributed by atoms with E-state index in [0.29, 0.717) is 22.4 Å². The third kappa shape index (κ3) is 8.39. The van der Waals surface area contributed by atoms with E-state index in [1.807, 2.05) is 57.2 Å². The van der Waals surface area contributed by atoms with Crippen LogP contribution in [0.5, 0.6) is 0 Å². The Kier molecular flexibility index (Phi) is 9.73. The lowest BCUT2D eigenvalue weighted by Crippen LogP contribution is -2.56. The van der Waals surface area contributed by atoms with E-state index in [4.69, 9.17) is 0 Å². The number of para-hydroxylation sites is 1. The molecule has 0 fully saturated rings. The molecule has 0 aromatic heterocycles. The van der Waals surface area contributed by atoms with Gasteiger partial charge in [-0.1, -0.05) is 60.7 Å². The third-order valence-corrected chi connectivity index (χ3v) is 7.52. The van der Waals surface area contributed by atoms with Crippen LogP contribution in [0, 0.1) is 19.7 Å². The molecule has 0 aliphatic rings. The first-order chi connectivity index (χ1) is 18.7. The van der Waals surface area contributed by atoms with Crippen molar-refractivity contribution in [2.24, 2.45) is 0 Å². The molecule has 3 aromatic carbocycles. The summed E-state index contributed by atoms with van der Waals surface area (Å²) in [6.07, 6.45) is 1.27. The van der Waals surface area contributed by atoms with Gasteiger partial charge in [0.1, 0.15) is 18.4 Å². The molecule has 7 nitrogen and oxygen atoms in total. The molecule has 3 aromatic rings. The van der Waals surface area contributed by atoms with Crippen LogP contribution in [0.1, 0.15) is 43.0 Å². The molecule has 0 unspecified atom stereocenters. The van der Waals surface area contributed by atoms with Gasteiger partial charge >= 0.3 is 0 Å². The summed E-state index contributed by atoms with van der Waals surface area (Å²) in [5.74, 6) is -1.35. The van der Waals surface area contributed by atoms with Gasteiger partial charge in [0.2, 0.25) is 21.8 Å². The van der Waals surface area contributed by atoms with Crippen molar-refractivity contribution in [3.8, 4) is 0 Å². The van der Waals surface area contributed by atoms with Crippen molar-refractivity contribution in [3.05, 3.63) is 101 Å². The summed E-state index contributed by atoms with van der Waals surface area (Å²) in [6.45, 7) is 8.61. The Hall–Kier alpha value is -3.72. The van der Waals surface area contributed by atoms with E-state index in [-0.39, 0.29) is 18.9 Å². The molecule has 9 heteroatoms. The minimum absolute atomic E-state index is 0.0153. The lowest BCUT2D eigenvalue weighted by molar-refractivity contribution is -0.140. The van der Waals surface area contributed by atoms with Crippen molar-refractivity contribution in [1.29, 1.82) is 0 Å². The molecule has 1 atom stereocenters. The normalized spacial score (nSPS) is 12.5. The number of carbonyl (C=O) groups excluding carboxylic acids is 2. The summed E-state index contributed by atoms with van der Waals surface area (Å²) in [4.78, 5) is 29.2. The van der Waals surface area contributed by atoms with E-state index in [1.165, 1.54) is 17.0 Å². The first-order valence-corrected chi connectivity index (χ1v) is 14.9. The topological polar surface area (TPSA) is 86.8 Å². The molecule has 0 spiro atoms. The highest BCUT2D eigenvalue weighted by molar-refractivity contribution is 7.92. The van der Waals surface area contributed by atoms with E-state index >= 15 is 0 Å². The minimum atomic E-state index is -3.87. The van der Waals surface area contributed by atoms with Crippen LogP contribution in [0.3, 0.4) is 0 Å². The maximum absolute atomic E-state index is 14.1. The van der Waals surface area contributed by atoms with Crippen molar-refractivity contribution in [1.82, 2.24) is 10.2 Å². The minimum Gasteiger partial charge on any atom is -0.350 e. The highest BCUT2D eigenvalue weighted by Gasteiger charge is 2.34. The van der Waals surface area contributed by atoms with Gasteiger partial charge in [0.15, 0.2) is 0 Å². The van der Waals surface area contributed by atoms with Gasteiger partial charge in [0, 0.05) is 18.5 Å². The maximum atomic E-state index is 14.1. The maximum Gasteiger partial charge on any atom is 0.244 e. The number of amides is 2. The van der Waals surface area contributed by atoms with Crippen molar-refractivity contribution in [2.45, 2.75) is 59.2 Å². The molecule has 40 heavy (non-hydrogen) atoms. The van der Waals surface area contributed by atoms with Crippen LogP contribution in [0.25, 0.3) is 0 Å². The van der Waals surface area contributed by atoms with Gasteiger partial charge in [-0.05, 0) is 69.0 Å². The standard InChI is InChI=1S/C31H38FN3O4S/c1-22-11-10-12-23(2)29(22)35(40(6,38)39)21-28(36)34(20-25-15-17-26(32)18-16-25)27(30(37)33-31(3,4)5)19-24-13-8-7-9-14-24/h7-18,27H,19-21H2,1-6H3,(H,33,37)/t27-/m0/s1. The van der Waals surface area contributed by atoms with E-state index in [1.54, 1.807) is 38.1 Å². The number of aryl methyl sites for hydroxylation is 2. The van der Waals surface area contributed by atoms with Gasteiger partial charge in [0.25, 0.3) is 0 Å². The zero-order valence-corrected chi connectivity index (χ0v) is 24.8. The van der Waals surface area contributed by atoms with Gasteiger partial charge in [-0.15, -0.1) is 0 Å². The average molecular weight is 568 g/mol. The summed E-state index contributed by atoms with van der Waals surface area (Å²) >= 11 is 0. The Bertz CT molecular complexity index is 1420. The third-order valence-electron chi connectivity index (χ3n) is 6.40. The number of sulfonamides is 1. The number of halogens is 1. The molecule has 0 radical (unpaired) electrons. The highest BCUT2D eigenvalue weighted by Crippen LogP contribution is 2.27. The smallest absolute Gasteiger partial charge is 0.244 e. The number of hydrogen-bond donors (Lipinski definition) is 1. The largest absolute Gasteiger partial charge is 0.350 e. The summed E-state index contributed by atoms with van der Waals surface area (Å²) in [5.41, 5.74) is 2.70. The molecule has 2 amide bonds. The molecule has 1 N–H and O–H groups in total. The van der Waals surface area contributed by atoms with Crippen LogP contribution in [-0.4, -0.2) is 49.5 Å². The lowest BCUT2D eigenvalue weighted by atomic mass is 10.0. The first-order valence-electron chi connectivity index (χ1n) is 13.1. The number of benzene rings is 3. The monoisotopic (exact) mass is 567 g/mol. The molecule has 0 bridgehead atoms. The average Bonchev–Trinajstić information content (AvgIpc) is 2.85. The predicted molar refractivity (Wildman–Crippen MR) is 157 cm³/mol. The van der Waals surface area contributed by atoms with Crippen LogP contribution in [0.2, 0.25) is 0 Å². The van der Waals surface area contributed by atoms with E-state index in [2.05, 4.69) is 5.32 Å². The molecular formula is C31H38FN3O4S. The zero-order chi connectivity index (χ0) is 29.7. The van der Waals surface area contributed by atoms with E-state index in [0.717, 1.165) is 16.1 Å². The number of nitrogens with one attached hydrogen (secondary N) is 1. The van der Waals surface area contributed by atoms with Crippen LogP contribution in [0.15, 0.2) is 72.8 Å². The molecule has 214 valence electrons. The van der Waals surface area contributed by atoms with Crippen molar-refractivity contribution in [2.75, 3.05) is 17.1 Å². The zero-order valence-electron chi connectivity index (χ0n) is 23.9. The Balaban J connectivity index is 2.10. The lowest BCUT2D eigenvalue weighted by Gasteiger charge is -2.35. The Morgan fingerprint density at radius 2 is 1.45 bits per heavy atom. The number of nitrogens with zero attached hydrogens (tertiary/aromatic N) is 2. The first kappa shape index (κ1) is 30.8. The Morgan fingerprint density at radius 1 is 0.875 bits per heavy atom. The molecular weight excluding hydrogens is 529 g/mol. The quantitative estimate of drug-likeness (QED) is 0.383. The van der Waals surface area contributed by atoms with Crippen molar-refractivity contribution >= 4 is 27.5 Å². The second-order valence-electron chi connectivity index (χ2n) is 11.1. The Labute approximate surface area is 237 Å². The summed E-state index contributed by atoms with van der Waals surface area (Å²) in [7, 11) is -3.87. The Morgan fingerprint density at radius 3 is 1.98 bits per heavy atom. The molecule has 0 heterocycles. The van der Waals surface area contributed by atoms with Gasteiger partial charge < -0.3 is 10.2 Å². The van der Waals surface area contributed by atoms with Gasteiger partial charge in [-0.3, -0.25) is 13.9 Å². The SMILES string of the molecule is Cc1cccc(C)c1N(CC(=O)N(Cc1ccc(F)cc1)[C@@H](Cc1ccccc1)C(=O)NC(C)(C)C)S(C)(=O)=O. The van der Waals surface area contributed by atoms with E-state index in [9.17, 15) is 22.4 Å². The predicted octanol–water partition coefficient (Wildman–Crippen LogP) is 4.76. The van der Waals surface area contributed by atoms with Crippen molar-refractivity contribution < 1.29 is 22.4 Å². The molecule has 0 aliphatic heterocycles. The number of hydrogen-bond acceptors (Lipinski definition) is 4. The van der Waals surface area contributed by atoms with Gasteiger partial charge in [-0.25, -0.2) is 12.8 Å². The fraction of sp³-hybridized carbons (Fsp3) is 0.355. The fourth-order valence-corrected chi connectivity index (χ4v) is 5.53. The molecule has 0 saturated heterocycles. The fourth-order valence-electron chi connectivity index (χ4n) is 4.57. The van der Waals surface area contributed by atoms with Gasteiger partial charge in [-0.2, -0.15) is 0 Å². The van der Waals surface area contributed by atoms with Crippen molar-refractivity contribution in [3.63, 3.8) is 0 Å². The van der Waals surface area contributed by atoms with Crippen LogP contribution in [-0.2, 0) is 32.6 Å². The number of anilines is 1. The van der Waals surface area contributed by atoms with Crippen LogP contribution in [0.4, 0.5) is 10.1 Å². The molecule has 0 aliphatic carbocycles. The molecule has 0 saturated carbocycles. The van der Waals surface area contributed by atoms with Crippen LogP contribution >= 0.6 is 0 Å². The number of carbonyl (C=O) groups is 2. The number of rotatable bonds is 10. The summed E-state index contributed by atoms with van der Waals surface area (Å²) in [6, 6.07) is 19.4. The second kappa shape index (κ2) is 12.6. The van der Waals surface area contributed by atoms with E-state index < -0.39 is 39.9 Å². The second-order valence-corrected chi connectivity index (χ2v) is 13.0. The van der Waals surface area contributed by atoms with Gasteiger partial charge in [0.05, 0.1) is 11.9 Å². The van der Waals surface area contributed by atoms with Crippen LogP contribution < -0.4 is 9.62 Å².